The molecule has 0 amide bonds. The maximum Gasteiger partial charge on any atom is 0.373 e. The van der Waals surface area contributed by atoms with Crippen LogP contribution in [-0.4, -0.2) is 30.4 Å². The molecule has 0 aliphatic rings. The Morgan fingerprint density at radius 3 is 2.08 bits per heavy atom. The summed E-state index contributed by atoms with van der Waals surface area (Å²) in [5.41, 5.74) is 0. The molecule has 0 aromatic carbocycles. The number of carbonyl (C=O) groups excluding carboxylic acids is 2. The fourth-order valence-electron chi connectivity index (χ4n) is 0.846. The molecule has 0 radical (unpaired) electrons. The van der Waals surface area contributed by atoms with E-state index in [0.717, 1.165) is 6.42 Å². The van der Waals surface area contributed by atoms with Crippen LogP contribution in [-0.2, 0) is 14.2 Å². The van der Waals surface area contributed by atoms with Crippen LogP contribution in [0.15, 0.2) is 0 Å². The number of hydrogen-bond donors (Lipinski definition) is 1. The minimum atomic E-state index is -2.19. The second kappa shape index (κ2) is 8.18. The second-order valence-electron chi connectivity index (χ2n) is 3.22. The van der Waals surface area contributed by atoms with Gasteiger partial charge in [-0.05, 0) is 12.6 Å². The summed E-state index contributed by atoms with van der Waals surface area (Å²) < 4.78 is 11.3. The lowest BCUT2D eigenvalue weighted by molar-refractivity contribution is -0.191. The van der Waals surface area contributed by atoms with E-state index >= 15 is 0 Å². The number of aliphatic hydroxyl groups excluding tert-OH is 1. The molecule has 2 unspecified atom stereocenters. The van der Waals surface area contributed by atoms with E-state index in [1.165, 1.54) is 0 Å². The third kappa shape index (κ3) is 11.6. The summed E-state index contributed by atoms with van der Waals surface area (Å²) in [5, 5.41) is 8.68. The highest BCUT2D eigenvalue weighted by Gasteiger charge is 2.16. The van der Waals surface area contributed by atoms with Crippen LogP contribution in [0.25, 0.3) is 0 Å². The molecule has 0 saturated heterocycles. The van der Waals surface area contributed by atoms with E-state index in [9.17, 15) is 4.57 Å². The van der Waals surface area contributed by atoms with Gasteiger partial charge in [-0.2, -0.15) is 9.59 Å². The minimum absolute atomic E-state index is 0.142. The normalized spacial score (nSPS) is 16.0. The zero-order valence-electron chi connectivity index (χ0n) is 8.32. The van der Waals surface area contributed by atoms with E-state index in [1.807, 2.05) is 0 Å². The van der Waals surface area contributed by atoms with E-state index in [4.69, 9.17) is 14.7 Å². The molecule has 13 heavy (non-hydrogen) atoms. The van der Waals surface area contributed by atoms with Crippen molar-refractivity contribution in [2.45, 2.75) is 20.3 Å². The zero-order chi connectivity index (χ0) is 10.9. The van der Waals surface area contributed by atoms with Crippen LogP contribution in [0.5, 0.6) is 0 Å². The maximum absolute atomic E-state index is 11.3. The Morgan fingerprint density at radius 2 is 1.85 bits per heavy atom. The molecule has 0 aromatic rings. The Labute approximate surface area is 78.7 Å². The van der Waals surface area contributed by atoms with E-state index in [-0.39, 0.29) is 12.5 Å². The van der Waals surface area contributed by atoms with Crippen molar-refractivity contribution < 1.29 is 19.3 Å². The Hall–Kier alpha value is -0.430. The highest BCUT2D eigenvalue weighted by Crippen LogP contribution is 2.41. The van der Waals surface area contributed by atoms with Gasteiger partial charge in [0.2, 0.25) is 0 Å². The third-order valence-electron chi connectivity index (χ3n) is 1.69. The molecule has 78 valence electrons. The Morgan fingerprint density at radius 1 is 1.46 bits per heavy atom. The molecule has 2 atom stereocenters. The lowest BCUT2D eigenvalue weighted by atomic mass is 10.2. The van der Waals surface area contributed by atoms with Crippen molar-refractivity contribution in [1.29, 1.82) is 0 Å². The summed E-state index contributed by atoms with van der Waals surface area (Å²) in [6, 6.07) is 0. The highest BCUT2D eigenvalue weighted by molar-refractivity contribution is 7.62. The van der Waals surface area contributed by atoms with Crippen LogP contribution in [0, 0.1) is 5.92 Å². The van der Waals surface area contributed by atoms with Crippen LogP contribution in [0.4, 0.5) is 0 Å². The molecule has 0 aromatic heterocycles. The number of rotatable bonds is 4. The molecular formula is C8H17O4P. The zero-order valence-corrected chi connectivity index (χ0v) is 9.21. The quantitative estimate of drug-likeness (QED) is 0.708. The first-order chi connectivity index (χ1) is 5.93. The van der Waals surface area contributed by atoms with E-state index in [2.05, 4.69) is 13.8 Å². The molecule has 5 heteroatoms. The second-order valence-corrected chi connectivity index (χ2v) is 6.46. The molecule has 0 aliphatic heterocycles. The molecule has 1 N–H and O–H groups in total. The van der Waals surface area contributed by atoms with Crippen molar-refractivity contribution in [3.8, 4) is 0 Å². The Bertz CT molecular complexity index is 196. The lowest BCUT2D eigenvalue weighted by Crippen LogP contribution is -2.02. The first-order valence-electron chi connectivity index (χ1n) is 4.09. The summed E-state index contributed by atoms with van der Waals surface area (Å²) in [7, 11) is -2.19. The molecule has 0 bridgehead atoms. The molecule has 0 heterocycles. The summed E-state index contributed by atoms with van der Waals surface area (Å²) in [6.07, 6.45) is 1.83. The number of hydrogen-bond acceptors (Lipinski definition) is 4. The topological polar surface area (TPSA) is 71.4 Å². The molecule has 4 nitrogen and oxygen atoms in total. The SMILES string of the molecule is CCC(C)CP(C)(=O)CO.O=C=O. The predicted octanol–water partition coefficient (Wildman–Crippen LogP) is 1.39. The predicted molar refractivity (Wildman–Crippen MR) is 49.9 cm³/mol. The summed E-state index contributed by atoms with van der Waals surface area (Å²) in [4.78, 5) is 16.2. The van der Waals surface area contributed by atoms with Gasteiger partial charge < -0.3 is 9.67 Å². The standard InChI is InChI=1S/C7H17O2P.CO2/c1-4-7(2)5-10(3,9)6-8;2-1-3/h7-8H,4-6H2,1-3H3;. The third-order valence-corrected chi connectivity index (χ3v) is 3.69. The molecule has 0 spiro atoms. The highest BCUT2D eigenvalue weighted by atomic mass is 31.2. The van der Waals surface area contributed by atoms with Gasteiger partial charge in [0, 0.05) is 6.16 Å². The molecule has 0 fully saturated rings. The average molecular weight is 208 g/mol. The minimum Gasteiger partial charge on any atom is -0.389 e. The number of aliphatic hydroxyl groups is 1. The van der Waals surface area contributed by atoms with Gasteiger partial charge in [-0.25, -0.2) is 0 Å². The van der Waals surface area contributed by atoms with Gasteiger partial charge in [0.15, 0.2) is 0 Å². The van der Waals surface area contributed by atoms with Crippen LogP contribution in [0.2, 0.25) is 0 Å². The van der Waals surface area contributed by atoms with E-state index < -0.39 is 7.14 Å². The Kier molecular flexibility index (Phi) is 9.48. The van der Waals surface area contributed by atoms with Gasteiger partial charge >= 0.3 is 6.15 Å². The van der Waals surface area contributed by atoms with Gasteiger partial charge in [-0.1, -0.05) is 20.3 Å². The first kappa shape index (κ1) is 15.1. The average Bonchev–Trinajstić information content (AvgIpc) is 2.05. The lowest BCUT2D eigenvalue weighted by Gasteiger charge is -2.13. The molecule has 0 saturated carbocycles. The van der Waals surface area contributed by atoms with Gasteiger partial charge in [0.25, 0.3) is 0 Å². The summed E-state index contributed by atoms with van der Waals surface area (Å²) in [5.74, 6) is 0.475. The molecule has 0 aliphatic carbocycles. The fraction of sp³-hybridized carbons (Fsp3) is 0.875. The van der Waals surface area contributed by atoms with E-state index in [1.54, 1.807) is 6.66 Å². The summed E-state index contributed by atoms with van der Waals surface area (Å²) >= 11 is 0. The van der Waals surface area contributed by atoms with Crippen LogP contribution >= 0.6 is 7.14 Å². The van der Waals surface area contributed by atoms with Crippen molar-refractivity contribution in [3.05, 3.63) is 0 Å². The maximum atomic E-state index is 11.3. The van der Waals surface area contributed by atoms with Gasteiger partial charge in [0.05, 0.1) is 6.35 Å². The van der Waals surface area contributed by atoms with Crippen LogP contribution < -0.4 is 0 Å². The van der Waals surface area contributed by atoms with Gasteiger partial charge in [-0.15, -0.1) is 0 Å². The summed E-state index contributed by atoms with van der Waals surface area (Å²) in [6.45, 7) is 5.80. The van der Waals surface area contributed by atoms with Gasteiger partial charge in [0.1, 0.15) is 7.14 Å². The Balaban J connectivity index is 0. The van der Waals surface area contributed by atoms with E-state index in [0.29, 0.717) is 12.1 Å². The molecular weight excluding hydrogens is 191 g/mol. The van der Waals surface area contributed by atoms with Crippen molar-refractivity contribution in [2.24, 2.45) is 5.92 Å². The largest absolute Gasteiger partial charge is 0.389 e. The van der Waals surface area contributed by atoms with Crippen LogP contribution in [0.1, 0.15) is 20.3 Å². The molecule has 0 rings (SSSR count). The van der Waals surface area contributed by atoms with Crippen molar-refractivity contribution in [1.82, 2.24) is 0 Å². The smallest absolute Gasteiger partial charge is 0.373 e. The fourth-order valence-corrected chi connectivity index (χ4v) is 2.54. The van der Waals surface area contributed by atoms with Crippen molar-refractivity contribution >= 4 is 13.3 Å². The first-order valence-corrected chi connectivity index (χ1v) is 6.61. The van der Waals surface area contributed by atoms with Crippen molar-refractivity contribution in [3.63, 3.8) is 0 Å². The van der Waals surface area contributed by atoms with Crippen LogP contribution in [0.3, 0.4) is 0 Å². The monoisotopic (exact) mass is 208 g/mol. The van der Waals surface area contributed by atoms with Crippen molar-refractivity contribution in [2.75, 3.05) is 19.2 Å². The van der Waals surface area contributed by atoms with Gasteiger partial charge in [-0.3, -0.25) is 0 Å².